The fourth-order valence-electron chi connectivity index (χ4n) is 3.33. The molecule has 1 aromatic heterocycles. The number of benzene rings is 1. The number of nitrogens with zero attached hydrogens (tertiary/aromatic N) is 3. The van der Waals surface area contributed by atoms with Crippen LogP contribution in [0.3, 0.4) is 0 Å². The van der Waals surface area contributed by atoms with Crippen molar-refractivity contribution in [2.75, 3.05) is 19.8 Å². The van der Waals surface area contributed by atoms with Gasteiger partial charge in [-0.25, -0.2) is 0 Å². The summed E-state index contributed by atoms with van der Waals surface area (Å²) in [5, 5.41) is 3.98. The highest BCUT2D eigenvalue weighted by Crippen LogP contribution is 2.38. The Balaban J connectivity index is 1.53. The third-order valence-electron chi connectivity index (χ3n) is 4.48. The normalized spacial score (nSPS) is 20.8. The monoisotopic (exact) mass is 315 g/mol. The van der Waals surface area contributed by atoms with Gasteiger partial charge in [0.25, 0.3) is 0 Å². The minimum Gasteiger partial charge on any atom is -0.486 e. The average molecular weight is 315 g/mol. The largest absolute Gasteiger partial charge is 0.486 e. The molecule has 0 aliphatic carbocycles. The predicted molar refractivity (Wildman–Crippen MR) is 83.5 cm³/mol. The summed E-state index contributed by atoms with van der Waals surface area (Å²) in [5.41, 5.74) is 1.27. The molecule has 2 aliphatic rings. The standard InChI is InChI=1S/C17H21N3O3/c1-2-16-18-17(23-19-16)11-20-7-3-4-13(20)12-5-6-14-15(10-12)22-9-8-21-14/h5-6,10,13H,2-4,7-9,11H2,1H3. The minimum atomic E-state index is 0.364. The van der Waals surface area contributed by atoms with E-state index in [9.17, 15) is 0 Å². The zero-order valence-electron chi connectivity index (χ0n) is 13.3. The number of hydrogen-bond donors (Lipinski definition) is 0. The van der Waals surface area contributed by atoms with Crippen LogP contribution in [-0.2, 0) is 13.0 Å². The summed E-state index contributed by atoms with van der Waals surface area (Å²) >= 11 is 0. The van der Waals surface area contributed by atoms with Crippen LogP contribution >= 0.6 is 0 Å². The molecule has 2 aromatic rings. The van der Waals surface area contributed by atoms with Gasteiger partial charge in [0.15, 0.2) is 17.3 Å². The molecule has 1 atom stereocenters. The molecule has 0 amide bonds. The molecule has 0 saturated carbocycles. The summed E-state index contributed by atoms with van der Waals surface area (Å²) < 4.78 is 16.7. The van der Waals surface area contributed by atoms with Crippen molar-refractivity contribution < 1.29 is 14.0 Å². The van der Waals surface area contributed by atoms with Crippen molar-refractivity contribution in [3.63, 3.8) is 0 Å². The van der Waals surface area contributed by atoms with Crippen LogP contribution in [0.1, 0.15) is 43.1 Å². The van der Waals surface area contributed by atoms with E-state index >= 15 is 0 Å². The summed E-state index contributed by atoms with van der Waals surface area (Å²) in [7, 11) is 0. The van der Waals surface area contributed by atoms with Crippen LogP contribution in [0.4, 0.5) is 0 Å². The maximum Gasteiger partial charge on any atom is 0.240 e. The lowest BCUT2D eigenvalue weighted by Crippen LogP contribution is -2.23. The van der Waals surface area contributed by atoms with E-state index in [0.29, 0.717) is 31.7 Å². The fourth-order valence-corrected chi connectivity index (χ4v) is 3.33. The van der Waals surface area contributed by atoms with E-state index in [1.54, 1.807) is 0 Å². The Labute approximate surface area is 135 Å². The van der Waals surface area contributed by atoms with Crippen molar-refractivity contribution in [3.05, 3.63) is 35.5 Å². The van der Waals surface area contributed by atoms with E-state index in [0.717, 1.165) is 36.7 Å². The molecule has 1 aromatic carbocycles. The molecule has 23 heavy (non-hydrogen) atoms. The Morgan fingerprint density at radius 2 is 2.09 bits per heavy atom. The van der Waals surface area contributed by atoms with Gasteiger partial charge >= 0.3 is 0 Å². The van der Waals surface area contributed by atoms with Crippen LogP contribution in [0.25, 0.3) is 0 Å². The first-order valence-corrected chi connectivity index (χ1v) is 8.28. The Kier molecular flexibility index (Phi) is 3.91. The van der Waals surface area contributed by atoms with Gasteiger partial charge in [0, 0.05) is 12.5 Å². The second-order valence-corrected chi connectivity index (χ2v) is 5.99. The molecular weight excluding hydrogens is 294 g/mol. The van der Waals surface area contributed by atoms with Crippen LogP contribution in [0.2, 0.25) is 0 Å². The SMILES string of the molecule is CCc1noc(CN2CCCC2c2ccc3c(c2)OCCO3)n1. The second-order valence-electron chi connectivity index (χ2n) is 5.99. The Morgan fingerprint density at radius 1 is 1.22 bits per heavy atom. The predicted octanol–water partition coefficient (Wildman–Crippen LogP) is 2.74. The van der Waals surface area contributed by atoms with Crippen LogP contribution in [0, 0.1) is 0 Å². The van der Waals surface area contributed by atoms with Gasteiger partial charge in [-0.05, 0) is 37.1 Å². The Bertz CT molecular complexity index is 685. The van der Waals surface area contributed by atoms with Gasteiger partial charge in [0.05, 0.1) is 6.54 Å². The van der Waals surface area contributed by atoms with Gasteiger partial charge in [-0.3, -0.25) is 4.90 Å². The number of fused-ring (bicyclic) bond motifs is 1. The van der Waals surface area contributed by atoms with E-state index in [1.165, 1.54) is 12.0 Å². The molecule has 4 rings (SSSR count). The van der Waals surface area contributed by atoms with Gasteiger partial charge in [-0.1, -0.05) is 18.1 Å². The van der Waals surface area contributed by atoms with E-state index in [1.807, 2.05) is 13.0 Å². The molecule has 1 saturated heterocycles. The van der Waals surface area contributed by atoms with E-state index < -0.39 is 0 Å². The molecular formula is C17H21N3O3. The highest BCUT2D eigenvalue weighted by molar-refractivity contribution is 5.44. The molecule has 1 fully saturated rings. The quantitative estimate of drug-likeness (QED) is 0.864. The first-order chi connectivity index (χ1) is 11.3. The van der Waals surface area contributed by atoms with Gasteiger partial charge < -0.3 is 14.0 Å². The van der Waals surface area contributed by atoms with E-state index in [4.69, 9.17) is 14.0 Å². The smallest absolute Gasteiger partial charge is 0.240 e. The lowest BCUT2D eigenvalue weighted by atomic mass is 10.0. The van der Waals surface area contributed by atoms with Crippen LogP contribution in [-0.4, -0.2) is 34.8 Å². The van der Waals surface area contributed by atoms with Gasteiger partial charge in [0.2, 0.25) is 5.89 Å². The van der Waals surface area contributed by atoms with Crippen molar-refractivity contribution in [2.45, 2.75) is 38.8 Å². The Morgan fingerprint density at radius 3 is 2.91 bits per heavy atom. The van der Waals surface area contributed by atoms with Crippen LogP contribution in [0.15, 0.2) is 22.7 Å². The number of ether oxygens (including phenoxy) is 2. The minimum absolute atomic E-state index is 0.364. The highest BCUT2D eigenvalue weighted by Gasteiger charge is 2.28. The van der Waals surface area contributed by atoms with E-state index in [2.05, 4.69) is 27.2 Å². The van der Waals surface area contributed by atoms with Crippen molar-refractivity contribution in [2.24, 2.45) is 0 Å². The molecule has 6 nitrogen and oxygen atoms in total. The molecule has 2 aliphatic heterocycles. The number of rotatable bonds is 4. The summed E-state index contributed by atoms with van der Waals surface area (Å²) in [5.74, 6) is 3.17. The number of aryl methyl sites for hydroxylation is 1. The number of aromatic nitrogens is 2. The van der Waals surface area contributed by atoms with Crippen LogP contribution < -0.4 is 9.47 Å². The third kappa shape index (κ3) is 2.91. The Hall–Kier alpha value is -2.08. The maximum atomic E-state index is 5.71. The van der Waals surface area contributed by atoms with E-state index in [-0.39, 0.29) is 0 Å². The zero-order valence-corrected chi connectivity index (χ0v) is 13.3. The molecule has 6 heteroatoms. The van der Waals surface area contributed by atoms with Crippen molar-refractivity contribution in [3.8, 4) is 11.5 Å². The zero-order chi connectivity index (χ0) is 15.6. The van der Waals surface area contributed by atoms with Crippen molar-refractivity contribution in [1.29, 1.82) is 0 Å². The average Bonchev–Trinajstić information content (AvgIpc) is 3.24. The molecule has 3 heterocycles. The highest BCUT2D eigenvalue weighted by atomic mass is 16.6. The third-order valence-corrected chi connectivity index (χ3v) is 4.48. The summed E-state index contributed by atoms with van der Waals surface area (Å²) in [6.45, 7) is 5.02. The molecule has 1 unspecified atom stereocenters. The first-order valence-electron chi connectivity index (χ1n) is 8.28. The summed E-state index contributed by atoms with van der Waals surface area (Å²) in [6, 6.07) is 6.63. The number of likely N-dealkylation sites (tertiary alicyclic amines) is 1. The molecule has 0 bridgehead atoms. The first kappa shape index (κ1) is 14.5. The lowest BCUT2D eigenvalue weighted by molar-refractivity contribution is 0.170. The van der Waals surface area contributed by atoms with Crippen molar-refractivity contribution >= 4 is 0 Å². The fraction of sp³-hybridized carbons (Fsp3) is 0.529. The van der Waals surface area contributed by atoms with Crippen molar-refractivity contribution in [1.82, 2.24) is 15.0 Å². The van der Waals surface area contributed by atoms with Crippen LogP contribution in [0.5, 0.6) is 11.5 Å². The van der Waals surface area contributed by atoms with Gasteiger partial charge in [-0.15, -0.1) is 0 Å². The van der Waals surface area contributed by atoms with Gasteiger partial charge in [-0.2, -0.15) is 4.98 Å². The summed E-state index contributed by atoms with van der Waals surface area (Å²) in [6.07, 6.45) is 3.11. The summed E-state index contributed by atoms with van der Waals surface area (Å²) in [4.78, 5) is 6.83. The molecule has 122 valence electrons. The topological polar surface area (TPSA) is 60.6 Å². The molecule has 0 spiro atoms. The number of hydrogen-bond acceptors (Lipinski definition) is 6. The second kappa shape index (κ2) is 6.20. The lowest BCUT2D eigenvalue weighted by Gasteiger charge is -2.25. The van der Waals surface area contributed by atoms with Gasteiger partial charge in [0.1, 0.15) is 13.2 Å². The molecule has 0 radical (unpaired) electrons. The molecule has 0 N–H and O–H groups in total. The maximum absolute atomic E-state index is 5.71.